The molecule has 0 saturated carbocycles. The molecule has 1 heterocycles. The maximum absolute atomic E-state index is 10.5. The lowest BCUT2D eigenvalue weighted by molar-refractivity contribution is -0.223. The Kier molecular flexibility index (Phi) is 5.74. The second kappa shape index (κ2) is 6.02. The highest BCUT2D eigenvalue weighted by Gasteiger charge is 2.44. The third kappa shape index (κ3) is 3.13. The fraction of sp³-hybridized carbons (Fsp3) is 0.889. The summed E-state index contributed by atoms with van der Waals surface area (Å²) in [6.45, 7) is 5.43. The molecule has 1 rings (SSSR count). The van der Waals surface area contributed by atoms with Crippen LogP contribution in [-0.2, 0) is 9.53 Å². The predicted octanol–water partition coefficient (Wildman–Crippen LogP) is -1.03. The van der Waals surface area contributed by atoms with E-state index in [1.165, 1.54) is 6.92 Å². The molecule has 90 valence electrons. The molecular formula is C9H18O6. The summed E-state index contributed by atoms with van der Waals surface area (Å²) in [5.41, 5.74) is 0. The zero-order valence-corrected chi connectivity index (χ0v) is 8.99. The van der Waals surface area contributed by atoms with Crippen molar-refractivity contribution in [2.45, 2.75) is 51.3 Å². The first-order valence-corrected chi connectivity index (χ1v) is 4.87. The molecule has 0 spiro atoms. The van der Waals surface area contributed by atoms with E-state index in [0.717, 1.165) is 0 Å². The highest BCUT2D eigenvalue weighted by atomic mass is 16.6. The van der Waals surface area contributed by atoms with E-state index in [0.29, 0.717) is 0 Å². The Morgan fingerprint density at radius 2 is 1.53 bits per heavy atom. The van der Waals surface area contributed by atoms with Crippen LogP contribution < -0.4 is 0 Å². The highest BCUT2D eigenvalue weighted by Crippen LogP contribution is 2.20. The number of aliphatic hydroxyl groups excluding tert-OH is 3. The normalized spacial score (nSPS) is 40.3. The van der Waals surface area contributed by atoms with Gasteiger partial charge in [0.2, 0.25) is 0 Å². The van der Waals surface area contributed by atoms with Gasteiger partial charge in [-0.2, -0.15) is 0 Å². The number of hydrogen-bond acceptors (Lipinski definition) is 5. The number of aliphatic hydroxyl groups is 3. The molecule has 0 aromatic heterocycles. The number of carbonyl (C=O) groups is 1. The summed E-state index contributed by atoms with van der Waals surface area (Å²) < 4.78 is 4.78. The Morgan fingerprint density at radius 3 is 1.93 bits per heavy atom. The van der Waals surface area contributed by atoms with Crippen LogP contribution in [0.2, 0.25) is 0 Å². The summed E-state index contributed by atoms with van der Waals surface area (Å²) in [5.74, 6) is -1.36. The van der Waals surface area contributed by atoms with Gasteiger partial charge in [-0.25, -0.2) is 4.79 Å². The molecule has 1 aliphatic heterocycles. The molecule has 4 N–H and O–H groups in total. The van der Waals surface area contributed by atoms with E-state index in [1.54, 1.807) is 0 Å². The van der Waals surface area contributed by atoms with Crippen molar-refractivity contribution in [2.75, 3.05) is 0 Å². The summed E-state index contributed by atoms with van der Waals surface area (Å²) in [6.07, 6.45) is -6.62. The van der Waals surface area contributed by atoms with Gasteiger partial charge in [0, 0.05) is 0 Å². The van der Waals surface area contributed by atoms with Crippen molar-refractivity contribution < 1.29 is 30.0 Å². The van der Waals surface area contributed by atoms with Crippen LogP contribution >= 0.6 is 0 Å². The van der Waals surface area contributed by atoms with E-state index in [9.17, 15) is 20.1 Å². The van der Waals surface area contributed by atoms with Gasteiger partial charge in [0.05, 0.1) is 6.10 Å². The number of hydrogen-bond donors (Lipinski definition) is 4. The van der Waals surface area contributed by atoms with Gasteiger partial charge in [0.1, 0.15) is 18.3 Å². The van der Waals surface area contributed by atoms with E-state index in [-0.39, 0.29) is 0 Å². The first-order chi connectivity index (χ1) is 6.95. The van der Waals surface area contributed by atoms with Crippen LogP contribution in [0.15, 0.2) is 0 Å². The molecule has 6 heteroatoms. The Bertz CT molecular complexity index is 207. The highest BCUT2D eigenvalue weighted by molar-refractivity contribution is 5.73. The molecule has 15 heavy (non-hydrogen) atoms. The van der Waals surface area contributed by atoms with Crippen molar-refractivity contribution in [3.8, 4) is 0 Å². The molecule has 2 unspecified atom stereocenters. The second-order valence-corrected chi connectivity index (χ2v) is 3.07. The summed E-state index contributed by atoms with van der Waals surface area (Å²) in [5, 5.41) is 36.1. The number of rotatable bonds is 1. The molecule has 1 fully saturated rings. The van der Waals surface area contributed by atoms with Crippen molar-refractivity contribution >= 4 is 5.97 Å². The van der Waals surface area contributed by atoms with Gasteiger partial charge in [-0.05, 0) is 6.92 Å². The third-order valence-corrected chi connectivity index (χ3v) is 2.10. The third-order valence-electron chi connectivity index (χ3n) is 2.10. The largest absolute Gasteiger partial charge is 0.479 e. The smallest absolute Gasteiger partial charge is 0.335 e. The zero-order valence-electron chi connectivity index (χ0n) is 8.99. The lowest BCUT2D eigenvalue weighted by atomic mass is 9.96. The molecule has 6 nitrogen and oxygen atoms in total. The first-order valence-electron chi connectivity index (χ1n) is 4.87. The number of aliphatic carboxylic acids is 1. The lowest BCUT2D eigenvalue weighted by Crippen LogP contribution is -2.58. The molecule has 0 aromatic carbocycles. The molecule has 0 amide bonds. The summed E-state index contributed by atoms with van der Waals surface area (Å²) in [4.78, 5) is 10.5. The van der Waals surface area contributed by atoms with Crippen molar-refractivity contribution in [2.24, 2.45) is 0 Å². The monoisotopic (exact) mass is 222 g/mol. The van der Waals surface area contributed by atoms with Crippen molar-refractivity contribution in [3.63, 3.8) is 0 Å². The molecule has 0 aromatic rings. The van der Waals surface area contributed by atoms with Crippen LogP contribution in [0.4, 0.5) is 0 Å². The van der Waals surface area contributed by atoms with Gasteiger partial charge >= 0.3 is 5.97 Å². The molecular weight excluding hydrogens is 204 g/mol. The van der Waals surface area contributed by atoms with Crippen molar-refractivity contribution in [1.29, 1.82) is 0 Å². The van der Waals surface area contributed by atoms with Crippen LogP contribution in [0.25, 0.3) is 0 Å². The summed E-state index contributed by atoms with van der Waals surface area (Å²) in [7, 11) is 0. The average Bonchev–Trinajstić information content (AvgIpc) is 2.23. The first kappa shape index (κ1) is 14.3. The number of ether oxygens (including phenoxy) is 1. The van der Waals surface area contributed by atoms with Gasteiger partial charge in [0.25, 0.3) is 0 Å². The Labute approximate surface area is 88.1 Å². The van der Waals surface area contributed by atoms with Crippen LogP contribution in [0.1, 0.15) is 20.8 Å². The van der Waals surface area contributed by atoms with E-state index >= 15 is 0 Å². The molecule has 0 bridgehead atoms. The van der Waals surface area contributed by atoms with Gasteiger partial charge in [-0.15, -0.1) is 0 Å². The maximum atomic E-state index is 10.5. The van der Waals surface area contributed by atoms with Gasteiger partial charge in [-0.1, -0.05) is 13.8 Å². The Hall–Kier alpha value is -0.690. The maximum Gasteiger partial charge on any atom is 0.335 e. The number of carboxylic acids is 1. The Balaban J connectivity index is 0.000000921. The quantitative estimate of drug-likeness (QED) is 0.452. The minimum atomic E-state index is -1.59. The van der Waals surface area contributed by atoms with Crippen molar-refractivity contribution in [1.82, 2.24) is 0 Å². The van der Waals surface area contributed by atoms with Gasteiger partial charge in [-0.3, -0.25) is 0 Å². The summed E-state index contributed by atoms with van der Waals surface area (Å²) >= 11 is 0. The van der Waals surface area contributed by atoms with E-state index in [2.05, 4.69) is 0 Å². The molecule has 0 radical (unpaired) electrons. The second-order valence-electron chi connectivity index (χ2n) is 3.07. The van der Waals surface area contributed by atoms with Crippen LogP contribution in [-0.4, -0.2) is 56.9 Å². The van der Waals surface area contributed by atoms with Crippen LogP contribution in [0, 0.1) is 0 Å². The molecule has 0 aliphatic carbocycles. The SMILES string of the molecule is CC.CC1OC(C(=O)O)[C@@H](O)[C@H](O)[C@H]1O. The Morgan fingerprint density at radius 1 is 1.07 bits per heavy atom. The molecule has 1 saturated heterocycles. The molecule has 1 aliphatic rings. The fourth-order valence-corrected chi connectivity index (χ4v) is 1.26. The van der Waals surface area contributed by atoms with E-state index < -0.39 is 36.5 Å². The average molecular weight is 222 g/mol. The fourth-order valence-electron chi connectivity index (χ4n) is 1.26. The standard InChI is InChI=1S/C7H12O6.C2H6/c1-2-3(8)4(9)5(10)6(13-2)7(11)12;1-2/h2-6,8-10H,1H3,(H,11,12);1-2H3/t2?,3-,4+,5-,6?;/m0./s1. The van der Waals surface area contributed by atoms with Crippen LogP contribution in [0.5, 0.6) is 0 Å². The minimum Gasteiger partial charge on any atom is -0.479 e. The predicted molar refractivity (Wildman–Crippen MR) is 51.3 cm³/mol. The van der Waals surface area contributed by atoms with Crippen LogP contribution in [0.3, 0.4) is 0 Å². The summed E-state index contributed by atoms with van der Waals surface area (Å²) in [6, 6.07) is 0. The van der Waals surface area contributed by atoms with Gasteiger partial charge in [0.15, 0.2) is 6.10 Å². The number of carboxylic acid groups (broad SMARTS) is 1. The van der Waals surface area contributed by atoms with E-state index in [1.807, 2.05) is 13.8 Å². The van der Waals surface area contributed by atoms with Crippen molar-refractivity contribution in [3.05, 3.63) is 0 Å². The van der Waals surface area contributed by atoms with Gasteiger partial charge < -0.3 is 25.2 Å². The topological polar surface area (TPSA) is 107 Å². The minimum absolute atomic E-state index is 0.806. The molecule has 5 atom stereocenters. The zero-order chi connectivity index (χ0) is 12.2. The van der Waals surface area contributed by atoms with E-state index in [4.69, 9.17) is 9.84 Å². The lowest BCUT2D eigenvalue weighted by Gasteiger charge is -2.37.